The molecular formula is C23H35NaO7. The van der Waals surface area contributed by atoms with Crippen LogP contribution in [0.5, 0.6) is 0 Å². The van der Waals surface area contributed by atoms with Crippen LogP contribution in [-0.4, -0.2) is 51.7 Å². The Kier molecular flexibility index (Phi) is 12.0. The Hall–Kier alpha value is -0.700. The fraction of sp³-hybridized carbons (Fsp3) is 0.739. The van der Waals surface area contributed by atoms with Crippen LogP contribution in [0.2, 0.25) is 0 Å². The summed E-state index contributed by atoms with van der Waals surface area (Å²) in [7, 11) is 0. The predicted octanol–water partition coefficient (Wildman–Crippen LogP) is -1.89. The second kappa shape index (κ2) is 13.1. The zero-order chi connectivity index (χ0) is 22.4. The number of carboxylic acids is 1. The number of fused-ring (bicyclic) bond motifs is 1. The number of carbonyl (C=O) groups excluding carboxylic acids is 2. The number of carboxylic acid groups (broad SMARTS) is 1. The fourth-order valence-corrected chi connectivity index (χ4v) is 4.51. The molecule has 0 aromatic rings. The Morgan fingerprint density at radius 3 is 2.58 bits per heavy atom. The molecule has 0 heterocycles. The first kappa shape index (κ1) is 28.3. The number of aliphatic carboxylic acids is 1. The van der Waals surface area contributed by atoms with Crippen LogP contribution in [0, 0.1) is 23.7 Å². The molecule has 0 fully saturated rings. The molecule has 0 bridgehead atoms. The van der Waals surface area contributed by atoms with Gasteiger partial charge in [0.15, 0.2) is 0 Å². The first-order chi connectivity index (χ1) is 14.1. The number of carbonyl (C=O) groups is 2. The molecular weight excluding hydrogens is 411 g/mol. The number of esters is 1. The van der Waals surface area contributed by atoms with Crippen LogP contribution >= 0.6 is 0 Å². The molecule has 7 nitrogen and oxygen atoms in total. The molecule has 170 valence electrons. The monoisotopic (exact) mass is 446 g/mol. The normalized spacial score (nSPS) is 30.3. The van der Waals surface area contributed by atoms with Crippen molar-refractivity contribution in [2.24, 2.45) is 23.7 Å². The van der Waals surface area contributed by atoms with E-state index in [2.05, 4.69) is 13.0 Å². The van der Waals surface area contributed by atoms with Crippen molar-refractivity contribution in [2.45, 2.75) is 83.7 Å². The number of aliphatic hydroxyl groups is 3. The third-order valence-electron chi connectivity index (χ3n) is 6.43. The molecule has 0 radical (unpaired) electrons. The molecule has 0 saturated heterocycles. The average Bonchev–Trinajstić information content (AvgIpc) is 2.65. The molecule has 0 aliphatic heterocycles. The maximum Gasteiger partial charge on any atom is 1.00 e. The fourth-order valence-electron chi connectivity index (χ4n) is 4.51. The molecule has 2 aliphatic rings. The predicted molar refractivity (Wildman–Crippen MR) is 109 cm³/mol. The van der Waals surface area contributed by atoms with Gasteiger partial charge >= 0.3 is 35.5 Å². The van der Waals surface area contributed by atoms with Crippen molar-refractivity contribution in [1.29, 1.82) is 0 Å². The van der Waals surface area contributed by atoms with Crippen molar-refractivity contribution >= 4 is 11.9 Å². The SMILES string of the molecule is CC[C@H](C)C(=O)OC1C[C@H](O)C=C2C=C[C@H](C)[C@H](CC[C@@H](O)C[C@@H](O)CC(=O)[O-])[C@H]21.[Na+]. The van der Waals surface area contributed by atoms with Gasteiger partial charge in [-0.25, -0.2) is 0 Å². The molecule has 0 aromatic carbocycles. The zero-order valence-corrected chi connectivity index (χ0v) is 21.1. The largest absolute Gasteiger partial charge is 1.00 e. The second-order valence-electron chi connectivity index (χ2n) is 8.86. The van der Waals surface area contributed by atoms with Gasteiger partial charge in [-0.3, -0.25) is 4.79 Å². The summed E-state index contributed by atoms with van der Waals surface area (Å²) >= 11 is 0. The van der Waals surface area contributed by atoms with Crippen LogP contribution in [0.15, 0.2) is 23.8 Å². The maximum absolute atomic E-state index is 12.4. The minimum Gasteiger partial charge on any atom is -0.550 e. The van der Waals surface area contributed by atoms with Gasteiger partial charge < -0.3 is 30.0 Å². The van der Waals surface area contributed by atoms with E-state index in [4.69, 9.17) is 4.74 Å². The Morgan fingerprint density at radius 1 is 1.29 bits per heavy atom. The third-order valence-corrected chi connectivity index (χ3v) is 6.43. The van der Waals surface area contributed by atoms with E-state index in [1.54, 1.807) is 0 Å². The van der Waals surface area contributed by atoms with Crippen molar-refractivity contribution < 1.29 is 64.3 Å². The summed E-state index contributed by atoms with van der Waals surface area (Å²) in [6, 6.07) is 0. The molecule has 2 aliphatic carbocycles. The molecule has 1 unspecified atom stereocenters. The van der Waals surface area contributed by atoms with E-state index in [0.717, 1.165) is 5.57 Å². The molecule has 0 saturated carbocycles. The van der Waals surface area contributed by atoms with Gasteiger partial charge in [-0.2, -0.15) is 0 Å². The molecule has 0 amide bonds. The minimum atomic E-state index is -1.35. The van der Waals surface area contributed by atoms with Gasteiger partial charge in [-0.15, -0.1) is 0 Å². The van der Waals surface area contributed by atoms with Crippen LogP contribution in [0.4, 0.5) is 0 Å². The van der Waals surface area contributed by atoms with Crippen molar-refractivity contribution in [3.05, 3.63) is 23.8 Å². The van der Waals surface area contributed by atoms with E-state index in [-0.39, 0.29) is 65.6 Å². The topological polar surface area (TPSA) is 127 Å². The molecule has 2 rings (SSSR count). The van der Waals surface area contributed by atoms with E-state index in [1.807, 2.05) is 26.0 Å². The molecule has 8 heteroatoms. The summed E-state index contributed by atoms with van der Waals surface area (Å²) in [6.45, 7) is 5.83. The van der Waals surface area contributed by atoms with E-state index in [9.17, 15) is 30.0 Å². The van der Waals surface area contributed by atoms with Crippen LogP contribution in [-0.2, 0) is 14.3 Å². The van der Waals surface area contributed by atoms with Crippen LogP contribution in [0.3, 0.4) is 0 Å². The summed E-state index contributed by atoms with van der Waals surface area (Å²) in [5, 5.41) is 40.8. The van der Waals surface area contributed by atoms with Crippen molar-refractivity contribution in [1.82, 2.24) is 0 Å². The molecule has 0 spiro atoms. The van der Waals surface area contributed by atoms with E-state index >= 15 is 0 Å². The Bertz CT molecular complexity index is 662. The van der Waals surface area contributed by atoms with Gasteiger partial charge in [0.25, 0.3) is 0 Å². The van der Waals surface area contributed by atoms with Crippen LogP contribution in [0.1, 0.15) is 59.3 Å². The summed E-state index contributed by atoms with van der Waals surface area (Å²) < 4.78 is 5.83. The van der Waals surface area contributed by atoms with Crippen molar-refractivity contribution in [3.8, 4) is 0 Å². The molecule has 8 atom stereocenters. The van der Waals surface area contributed by atoms with Gasteiger partial charge in [0.2, 0.25) is 0 Å². The molecule has 3 N–H and O–H groups in total. The number of ether oxygens (including phenoxy) is 1. The van der Waals surface area contributed by atoms with Crippen LogP contribution in [0.25, 0.3) is 0 Å². The van der Waals surface area contributed by atoms with Gasteiger partial charge in [0, 0.05) is 24.7 Å². The van der Waals surface area contributed by atoms with E-state index < -0.39 is 36.8 Å². The first-order valence-corrected chi connectivity index (χ1v) is 11.0. The summed E-state index contributed by atoms with van der Waals surface area (Å²) in [5.74, 6) is -1.60. The smallest absolute Gasteiger partial charge is 0.550 e. The van der Waals surface area contributed by atoms with Gasteiger partial charge in [0.05, 0.1) is 24.2 Å². The van der Waals surface area contributed by atoms with Crippen molar-refractivity contribution in [2.75, 3.05) is 0 Å². The molecule has 0 aromatic heterocycles. The number of aliphatic hydroxyl groups excluding tert-OH is 3. The minimum absolute atomic E-state index is 0. The first-order valence-electron chi connectivity index (χ1n) is 11.0. The summed E-state index contributed by atoms with van der Waals surface area (Å²) in [4.78, 5) is 23.0. The number of allylic oxidation sites excluding steroid dienone is 2. The third kappa shape index (κ3) is 8.30. The summed E-state index contributed by atoms with van der Waals surface area (Å²) in [6.07, 6.45) is 4.31. The standard InChI is InChI=1S/C23H36O7.Na/c1-4-13(2)23(29)30-20-11-17(25)9-15-6-5-14(3)19(22(15)20)8-7-16(24)10-18(26)12-21(27)28;/h5-6,9,13-14,16-20,22,24-26H,4,7-8,10-12H2,1-3H3,(H,27,28);/q;+1/p-1/t13-,14-,16+,17+,18+,19-,20?,22-;/m0./s1. The Balaban J connectivity index is 0.00000480. The Labute approximate surface area is 206 Å². The number of hydrogen-bond donors (Lipinski definition) is 3. The Morgan fingerprint density at radius 2 is 1.97 bits per heavy atom. The van der Waals surface area contributed by atoms with Gasteiger partial charge in [0.1, 0.15) is 6.10 Å². The summed E-state index contributed by atoms with van der Waals surface area (Å²) in [5.41, 5.74) is 0.949. The van der Waals surface area contributed by atoms with Gasteiger partial charge in [-0.1, -0.05) is 39.0 Å². The number of hydrogen-bond acceptors (Lipinski definition) is 7. The molecule has 31 heavy (non-hydrogen) atoms. The average molecular weight is 447 g/mol. The second-order valence-corrected chi connectivity index (χ2v) is 8.86. The quantitative estimate of drug-likeness (QED) is 0.265. The zero-order valence-electron chi connectivity index (χ0n) is 19.1. The van der Waals surface area contributed by atoms with E-state index in [0.29, 0.717) is 25.7 Å². The number of rotatable bonds is 10. The van der Waals surface area contributed by atoms with Gasteiger partial charge in [-0.05, 0) is 43.1 Å². The van der Waals surface area contributed by atoms with Crippen molar-refractivity contribution in [3.63, 3.8) is 0 Å². The van der Waals surface area contributed by atoms with E-state index in [1.165, 1.54) is 0 Å². The maximum atomic E-state index is 12.4. The van der Waals surface area contributed by atoms with Crippen LogP contribution < -0.4 is 34.7 Å².